The smallest absolute Gasteiger partial charge is 0.233 e. The van der Waals surface area contributed by atoms with E-state index in [2.05, 4.69) is 10.1 Å². The lowest BCUT2D eigenvalue weighted by Gasteiger charge is -2.11. The van der Waals surface area contributed by atoms with Gasteiger partial charge in [-0.2, -0.15) is 0 Å². The quantitative estimate of drug-likeness (QED) is 0.800. The van der Waals surface area contributed by atoms with E-state index in [1.54, 1.807) is 6.07 Å². The molecular weight excluding hydrogens is 250 g/mol. The lowest BCUT2D eigenvalue weighted by atomic mass is 10.1. The molecule has 0 radical (unpaired) electrons. The van der Waals surface area contributed by atoms with Gasteiger partial charge in [-0.15, -0.1) is 5.10 Å². The second-order valence-corrected chi connectivity index (χ2v) is 4.78. The van der Waals surface area contributed by atoms with Crippen LogP contribution in [0.2, 0.25) is 5.15 Å². The Kier molecular flexibility index (Phi) is 3.19. The summed E-state index contributed by atoms with van der Waals surface area (Å²) in [7, 11) is 0. The maximum Gasteiger partial charge on any atom is 0.233 e. The lowest BCUT2D eigenvalue weighted by molar-refractivity contribution is 0.284. The monoisotopic (exact) mass is 263 g/mol. The normalized spacial score (nSPS) is 14.3. The lowest BCUT2D eigenvalue weighted by Crippen LogP contribution is -2.10. The van der Waals surface area contributed by atoms with E-state index in [-0.39, 0.29) is 0 Å². The van der Waals surface area contributed by atoms with Crippen LogP contribution < -0.4 is 4.74 Å². The van der Waals surface area contributed by atoms with Crippen LogP contribution in [0.3, 0.4) is 0 Å². The third-order valence-corrected chi connectivity index (χ3v) is 3.24. The molecule has 5 heteroatoms. The average molecular weight is 264 g/mol. The molecule has 94 valence electrons. The minimum Gasteiger partial charge on any atom is -0.470 e. The Balaban J connectivity index is 1.68. The summed E-state index contributed by atoms with van der Waals surface area (Å²) in [5.41, 5.74) is 2.07. The molecule has 1 aliphatic rings. The number of halogens is 1. The van der Waals surface area contributed by atoms with Crippen LogP contribution in [0.5, 0.6) is 5.88 Å². The summed E-state index contributed by atoms with van der Waals surface area (Å²) in [5.74, 6) is 0.675. The van der Waals surface area contributed by atoms with Gasteiger partial charge in [-0.25, -0.2) is 4.98 Å². The molecule has 0 amide bonds. The number of pyridine rings is 1. The van der Waals surface area contributed by atoms with Gasteiger partial charge in [0.2, 0.25) is 5.88 Å². The average Bonchev–Trinajstić information content (AvgIpc) is 2.79. The number of rotatable bonds is 3. The Morgan fingerprint density at radius 1 is 1.33 bits per heavy atom. The molecule has 0 unspecified atom stereocenters. The van der Waals surface area contributed by atoms with E-state index in [0.717, 1.165) is 18.7 Å². The number of ether oxygens (including phenoxy) is 1. The topological polar surface area (TPSA) is 39.9 Å². The van der Waals surface area contributed by atoms with E-state index in [1.165, 1.54) is 18.5 Å². The molecule has 18 heavy (non-hydrogen) atoms. The van der Waals surface area contributed by atoms with Crippen molar-refractivity contribution in [1.82, 2.24) is 14.8 Å². The second kappa shape index (κ2) is 4.98. The number of aromatic nitrogens is 3. The van der Waals surface area contributed by atoms with Gasteiger partial charge in [0.25, 0.3) is 0 Å². The summed E-state index contributed by atoms with van der Waals surface area (Å²) >= 11 is 5.82. The Labute approximate surface area is 111 Å². The van der Waals surface area contributed by atoms with E-state index in [9.17, 15) is 0 Å². The molecule has 3 heterocycles. The van der Waals surface area contributed by atoms with E-state index >= 15 is 0 Å². The number of aryl methyl sites for hydroxylation is 2. The van der Waals surface area contributed by atoms with Crippen LogP contribution >= 0.6 is 11.6 Å². The van der Waals surface area contributed by atoms with Gasteiger partial charge in [-0.3, -0.25) is 4.68 Å². The third-order valence-electron chi connectivity index (χ3n) is 3.03. The van der Waals surface area contributed by atoms with Crippen LogP contribution in [-0.2, 0) is 19.6 Å². The molecule has 0 aromatic carbocycles. The van der Waals surface area contributed by atoms with E-state index < -0.39 is 0 Å². The Hall–Kier alpha value is -1.55. The molecule has 0 N–H and O–H groups in total. The zero-order valence-electron chi connectivity index (χ0n) is 9.97. The van der Waals surface area contributed by atoms with Crippen molar-refractivity contribution in [2.45, 2.75) is 32.4 Å². The first kappa shape index (κ1) is 11.5. The van der Waals surface area contributed by atoms with Crippen molar-refractivity contribution < 1.29 is 4.74 Å². The van der Waals surface area contributed by atoms with E-state index in [1.807, 2.05) is 22.9 Å². The minimum atomic E-state index is 0.400. The van der Waals surface area contributed by atoms with Crippen LogP contribution in [0.25, 0.3) is 0 Å². The van der Waals surface area contributed by atoms with Gasteiger partial charge in [0, 0.05) is 18.3 Å². The zero-order valence-corrected chi connectivity index (χ0v) is 10.7. The molecule has 0 saturated carbocycles. The molecule has 2 aromatic rings. The highest BCUT2D eigenvalue weighted by Crippen LogP contribution is 2.20. The van der Waals surface area contributed by atoms with Crippen molar-refractivity contribution in [2.75, 3.05) is 0 Å². The molecule has 2 aromatic heterocycles. The van der Waals surface area contributed by atoms with Crippen molar-refractivity contribution in [3.8, 4) is 5.88 Å². The molecule has 0 saturated heterocycles. The SMILES string of the molecule is Clc1cccc(COc2cc3n(n2)CCCC3)n1. The highest BCUT2D eigenvalue weighted by atomic mass is 35.5. The van der Waals surface area contributed by atoms with Crippen LogP contribution in [0.1, 0.15) is 24.2 Å². The molecule has 3 rings (SSSR count). The van der Waals surface area contributed by atoms with Gasteiger partial charge in [0.15, 0.2) is 0 Å². The fourth-order valence-electron chi connectivity index (χ4n) is 2.14. The number of hydrogen-bond donors (Lipinski definition) is 0. The summed E-state index contributed by atoms with van der Waals surface area (Å²) in [5, 5.41) is 4.91. The van der Waals surface area contributed by atoms with Gasteiger partial charge in [-0.1, -0.05) is 17.7 Å². The fourth-order valence-corrected chi connectivity index (χ4v) is 2.32. The number of fused-ring (bicyclic) bond motifs is 1. The summed E-state index contributed by atoms with van der Waals surface area (Å²) in [6.07, 6.45) is 3.52. The van der Waals surface area contributed by atoms with Crippen LogP contribution in [0, 0.1) is 0 Å². The first-order valence-electron chi connectivity index (χ1n) is 6.12. The third kappa shape index (κ3) is 2.48. The summed E-state index contributed by atoms with van der Waals surface area (Å²) in [6, 6.07) is 7.53. The van der Waals surface area contributed by atoms with Crippen molar-refractivity contribution in [1.29, 1.82) is 0 Å². The van der Waals surface area contributed by atoms with Gasteiger partial charge in [0.05, 0.1) is 5.69 Å². The van der Waals surface area contributed by atoms with Crippen molar-refractivity contribution in [3.05, 3.63) is 40.8 Å². The van der Waals surface area contributed by atoms with E-state index in [4.69, 9.17) is 16.3 Å². The number of nitrogens with zero attached hydrogens (tertiary/aromatic N) is 3. The summed E-state index contributed by atoms with van der Waals surface area (Å²) < 4.78 is 7.68. The summed E-state index contributed by atoms with van der Waals surface area (Å²) in [6.45, 7) is 1.39. The largest absolute Gasteiger partial charge is 0.470 e. The molecule has 4 nitrogen and oxygen atoms in total. The molecule has 0 bridgehead atoms. The van der Waals surface area contributed by atoms with Crippen LogP contribution in [-0.4, -0.2) is 14.8 Å². The number of hydrogen-bond acceptors (Lipinski definition) is 3. The van der Waals surface area contributed by atoms with Crippen LogP contribution in [0.15, 0.2) is 24.3 Å². The molecule has 0 fully saturated rings. The van der Waals surface area contributed by atoms with Crippen molar-refractivity contribution in [3.63, 3.8) is 0 Å². The van der Waals surface area contributed by atoms with Gasteiger partial charge < -0.3 is 4.74 Å². The first-order valence-corrected chi connectivity index (χ1v) is 6.50. The van der Waals surface area contributed by atoms with E-state index in [0.29, 0.717) is 17.6 Å². The second-order valence-electron chi connectivity index (χ2n) is 4.39. The summed E-state index contributed by atoms with van der Waals surface area (Å²) in [4.78, 5) is 4.18. The first-order chi connectivity index (χ1) is 8.81. The molecule has 0 aliphatic carbocycles. The standard InChI is InChI=1S/C13H14ClN3O/c14-12-6-3-4-10(15-12)9-18-13-8-11-5-1-2-7-17(11)16-13/h3-4,6,8H,1-2,5,7,9H2. The molecular formula is C13H14ClN3O. The molecule has 0 atom stereocenters. The van der Waals surface area contributed by atoms with Gasteiger partial charge in [0.1, 0.15) is 11.8 Å². The van der Waals surface area contributed by atoms with Gasteiger partial charge >= 0.3 is 0 Å². The minimum absolute atomic E-state index is 0.400. The Morgan fingerprint density at radius 2 is 2.28 bits per heavy atom. The molecule has 0 spiro atoms. The van der Waals surface area contributed by atoms with Crippen molar-refractivity contribution in [2.24, 2.45) is 0 Å². The van der Waals surface area contributed by atoms with Crippen molar-refractivity contribution >= 4 is 11.6 Å². The Bertz CT molecular complexity index is 529. The predicted octanol–water partition coefficient (Wildman–Crippen LogP) is 2.85. The maximum absolute atomic E-state index is 5.82. The highest BCUT2D eigenvalue weighted by Gasteiger charge is 2.12. The zero-order chi connectivity index (χ0) is 12.4. The van der Waals surface area contributed by atoms with Gasteiger partial charge in [-0.05, 0) is 31.4 Å². The highest BCUT2D eigenvalue weighted by molar-refractivity contribution is 6.29. The fraction of sp³-hybridized carbons (Fsp3) is 0.385. The Morgan fingerprint density at radius 3 is 3.11 bits per heavy atom. The maximum atomic E-state index is 5.82. The van der Waals surface area contributed by atoms with Crippen LogP contribution in [0.4, 0.5) is 0 Å². The predicted molar refractivity (Wildman–Crippen MR) is 68.7 cm³/mol. The molecule has 1 aliphatic heterocycles.